The molecule has 2 aromatic rings. The van der Waals surface area contributed by atoms with E-state index in [9.17, 15) is 14.7 Å². The average Bonchev–Trinajstić information content (AvgIpc) is 2.78. The topological polar surface area (TPSA) is 97.2 Å². The van der Waals surface area contributed by atoms with Crippen LogP contribution in [0.1, 0.15) is 38.7 Å². The molecule has 0 amide bonds. The van der Waals surface area contributed by atoms with Crippen LogP contribution in [0, 0.1) is 11.8 Å². The summed E-state index contributed by atoms with van der Waals surface area (Å²) in [7, 11) is 0. The minimum absolute atomic E-state index is 0.0170. The molecule has 0 aliphatic heterocycles. The monoisotopic (exact) mass is 438 g/mol. The summed E-state index contributed by atoms with van der Waals surface area (Å²) in [4.78, 5) is 26.2. The van der Waals surface area contributed by atoms with E-state index in [4.69, 9.17) is 9.47 Å². The molecule has 0 bridgehead atoms. The molecule has 1 aliphatic rings. The van der Waals surface area contributed by atoms with Gasteiger partial charge in [-0.25, -0.2) is 0 Å². The Morgan fingerprint density at radius 2 is 1.56 bits per heavy atom. The molecule has 0 radical (unpaired) electrons. The first-order chi connectivity index (χ1) is 15.4. The van der Waals surface area contributed by atoms with Crippen molar-refractivity contribution in [2.45, 2.75) is 38.7 Å². The fraction of sp³-hybridized carbons (Fsp3) is 0.400. The summed E-state index contributed by atoms with van der Waals surface area (Å²) >= 11 is 0. The molecule has 170 valence electrons. The van der Waals surface area contributed by atoms with E-state index in [0.29, 0.717) is 5.71 Å². The van der Waals surface area contributed by atoms with Crippen LogP contribution in [0.2, 0.25) is 0 Å². The Morgan fingerprint density at radius 3 is 2.16 bits per heavy atom. The van der Waals surface area contributed by atoms with Crippen LogP contribution in [0.5, 0.6) is 0 Å². The molecule has 1 saturated carbocycles. The van der Waals surface area contributed by atoms with Gasteiger partial charge in [0.25, 0.3) is 0 Å². The highest BCUT2D eigenvalue weighted by molar-refractivity contribution is 6.06. The fourth-order valence-electron chi connectivity index (χ4n) is 4.34. The Bertz CT molecular complexity index is 943. The van der Waals surface area contributed by atoms with E-state index in [-0.39, 0.29) is 19.6 Å². The number of ether oxygens (including phenoxy) is 2. The maximum absolute atomic E-state index is 13.2. The van der Waals surface area contributed by atoms with E-state index in [2.05, 4.69) is 10.5 Å². The van der Waals surface area contributed by atoms with Gasteiger partial charge in [-0.15, -0.1) is 0 Å². The lowest BCUT2D eigenvalue weighted by atomic mass is 9.61. The number of carbonyl (C=O) groups is 2. The first-order valence-corrected chi connectivity index (χ1v) is 10.9. The molecule has 0 heterocycles. The third-order valence-electron chi connectivity index (χ3n) is 5.65. The predicted molar refractivity (Wildman–Crippen MR) is 122 cm³/mol. The molecule has 1 fully saturated rings. The van der Waals surface area contributed by atoms with E-state index >= 15 is 0 Å². The summed E-state index contributed by atoms with van der Waals surface area (Å²) in [5, 5.41) is 15.9. The maximum atomic E-state index is 13.2. The zero-order valence-electron chi connectivity index (χ0n) is 18.7. The number of rotatable bonds is 7. The highest BCUT2D eigenvalue weighted by Crippen LogP contribution is 2.47. The second kappa shape index (κ2) is 10.4. The number of carbonyl (C=O) groups excluding carboxylic acids is 2. The van der Waals surface area contributed by atoms with Gasteiger partial charge in [0.15, 0.2) is 0 Å². The van der Waals surface area contributed by atoms with E-state index in [1.165, 1.54) is 0 Å². The van der Waals surface area contributed by atoms with E-state index in [1.807, 2.05) is 60.7 Å². The standard InChI is InChI=1S/C25H30N2O5/c1-4-31-23(28)21-19(27-26-18-14-10-7-11-15-18)16-25(3,30)22(24(29)32-5-2)20(21)17-12-8-6-9-13-17/h6-15,20-22,26,30H,4-5,16H2,1-3H3. The van der Waals surface area contributed by atoms with Gasteiger partial charge in [0.05, 0.1) is 36.1 Å². The van der Waals surface area contributed by atoms with Gasteiger partial charge >= 0.3 is 11.9 Å². The number of para-hydroxylation sites is 1. The molecular weight excluding hydrogens is 408 g/mol. The number of aliphatic hydroxyl groups is 1. The molecule has 0 saturated heterocycles. The van der Waals surface area contributed by atoms with Gasteiger partial charge in [-0.2, -0.15) is 5.10 Å². The number of hydrazone groups is 1. The third kappa shape index (κ3) is 5.16. The van der Waals surface area contributed by atoms with Gasteiger partial charge in [-0.1, -0.05) is 48.5 Å². The van der Waals surface area contributed by atoms with Crippen LogP contribution in [0.15, 0.2) is 65.8 Å². The molecule has 2 aromatic carbocycles. The molecule has 3 rings (SSSR count). The van der Waals surface area contributed by atoms with Crippen molar-refractivity contribution in [1.29, 1.82) is 0 Å². The lowest BCUT2D eigenvalue weighted by Crippen LogP contribution is -2.55. The Hall–Kier alpha value is -3.19. The van der Waals surface area contributed by atoms with Gasteiger partial charge in [0, 0.05) is 12.3 Å². The van der Waals surface area contributed by atoms with Crippen molar-refractivity contribution in [1.82, 2.24) is 0 Å². The van der Waals surface area contributed by atoms with Gasteiger partial charge in [0.1, 0.15) is 5.92 Å². The van der Waals surface area contributed by atoms with Gasteiger partial charge in [-0.3, -0.25) is 15.0 Å². The van der Waals surface area contributed by atoms with E-state index < -0.39 is 35.3 Å². The first kappa shape index (κ1) is 23.5. The quantitative estimate of drug-likeness (QED) is 0.505. The largest absolute Gasteiger partial charge is 0.466 e. The van der Waals surface area contributed by atoms with Crippen molar-refractivity contribution < 1.29 is 24.2 Å². The van der Waals surface area contributed by atoms with E-state index in [0.717, 1.165) is 11.3 Å². The molecule has 32 heavy (non-hydrogen) atoms. The molecule has 4 atom stereocenters. The summed E-state index contributed by atoms with van der Waals surface area (Å²) in [6, 6.07) is 18.5. The highest BCUT2D eigenvalue weighted by atomic mass is 16.5. The number of nitrogens with one attached hydrogen (secondary N) is 1. The van der Waals surface area contributed by atoms with Crippen LogP contribution in [0.3, 0.4) is 0 Å². The number of hydrogen-bond donors (Lipinski definition) is 2. The molecule has 7 nitrogen and oxygen atoms in total. The van der Waals surface area contributed by atoms with Crippen LogP contribution in [0.4, 0.5) is 5.69 Å². The highest BCUT2D eigenvalue weighted by Gasteiger charge is 2.56. The number of anilines is 1. The summed E-state index contributed by atoms with van der Waals surface area (Å²) in [5.74, 6) is -3.55. The molecule has 1 aliphatic carbocycles. The minimum atomic E-state index is -1.48. The maximum Gasteiger partial charge on any atom is 0.315 e. The van der Waals surface area contributed by atoms with E-state index in [1.54, 1.807) is 20.8 Å². The first-order valence-electron chi connectivity index (χ1n) is 10.9. The Kier molecular flexibility index (Phi) is 7.64. The Morgan fingerprint density at radius 1 is 1.00 bits per heavy atom. The average molecular weight is 439 g/mol. The number of esters is 2. The lowest BCUT2D eigenvalue weighted by molar-refractivity contribution is -0.163. The van der Waals surface area contributed by atoms with Crippen LogP contribution >= 0.6 is 0 Å². The van der Waals surface area contributed by atoms with Crippen molar-refractivity contribution in [2.24, 2.45) is 16.9 Å². The summed E-state index contributed by atoms with van der Waals surface area (Å²) in [5.41, 5.74) is 3.39. The molecule has 0 spiro atoms. The fourth-order valence-corrected chi connectivity index (χ4v) is 4.34. The second-order valence-corrected chi connectivity index (χ2v) is 8.01. The number of benzene rings is 2. The number of hydrogen-bond acceptors (Lipinski definition) is 7. The summed E-state index contributed by atoms with van der Waals surface area (Å²) in [6.45, 7) is 5.40. The molecule has 7 heteroatoms. The molecule has 4 unspecified atom stereocenters. The van der Waals surface area contributed by atoms with Crippen LogP contribution in [-0.4, -0.2) is 41.6 Å². The van der Waals surface area contributed by atoms with Crippen molar-refractivity contribution in [3.05, 3.63) is 66.2 Å². The zero-order valence-corrected chi connectivity index (χ0v) is 18.7. The zero-order chi connectivity index (χ0) is 23.1. The summed E-state index contributed by atoms with van der Waals surface area (Å²) in [6.07, 6.45) is 0.0170. The second-order valence-electron chi connectivity index (χ2n) is 8.01. The van der Waals surface area contributed by atoms with Crippen molar-refractivity contribution in [3.63, 3.8) is 0 Å². The minimum Gasteiger partial charge on any atom is -0.466 e. The lowest BCUT2D eigenvalue weighted by Gasteiger charge is -2.45. The smallest absolute Gasteiger partial charge is 0.315 e. The molecular formula is C25H30N2O5. The van der Waals surface area contributed by atoms with Crippen molar-refractivity contribution in [3.8, 4) is 0 Å². The molecule has 0 aromatic heterocycles. The van der Waals surface area contributed by atoms with Crippen LogP contribution < -0.4 is 5.43 Å². The Labute approximate surface area is 188 Å². The van der Waals surface area contributed by atoms with Gasteiger partial charge in [-0.05, 0) is 38.5 Å². The predicted octanol–water partition coefficient (Wildman–Crippen LogP) is 3.75. The summed E-state index contributed by atoms with van der Waals surface area (Å²) < 4.78 is 10.7. The number of nitrogens with zero attached hydrogens (tertiary/aromatic N) is 1. The van der Waals surface area contributed by atoms with Crippen LogP contribution in [-0.2, 0) is 19.1 Å². The van der Waals surface area contributed by atoms with Crippen molar-refractivity contribution >= 4 is 23.3 Å². The SMILES string of the molecule is CCOC(=O)C1C(=NNc2ccccc2)CC(C)(O)C(C(=O)OCC)C1c1ccccc1. The van der Waals surface area contributed by atoms with Gasteiger partial charge in [0.2, 0.25) is 0 Å². The van der Waals surface area contributed by atoms with Gasteiger partial charge < -0.3 is 14.6 Å². The third-order valence-corrected chi connectivity index (χ3v) is 5.65. The molecule has 2 N–H and O–H groups in total. The van der Waals surface area contributed by atoms with Crippen molar-refractivity contribution in [2.75, 3.05) is 18.6 Å². The Balaban J connectivity index is 2.12. The normalized spacial score (nSPS) is 26.4. The van der Waals surface area contributed by atoms with Crippen LogP contribution in [0.25, 0.3) is 0 Å².